The van der Waals surface area contributed by atoms with E-state index >= 15 is 0 Å². The van der Waals surface area contributed by atoms with Crippen LogP contribution in [0.1, 0.15) is 30.6 Å². The molecule has 0 bridgehead atoms. The lowest BCUT2D eigenvalue weighted by atomic mass is 10.2. The zero-order valence-corrected chi connectivity index (χ0v) is 12.5. The maximum absolute atomic E-state index is 11.7. The van der Waals surface area contributed by atoms with Crippen molar-refractivity contribution in [2.45, 2.75) is 20.3 Å². The molecule has 6 heteroatoms. The second-order valence-electron chi connectivity index (χ2n) is 4.42. The first-order chi connectivity index (χ1) is 9.99. The Hall–Kier alpha value is -2.37. The van der Waals surface area contributed by atoms with Crippen LogP contribution >= 0.6 is 0 Å². The number of carbonyl (C=O) groups excluding carboxylic acids is 3. The van der Waals surface area contributed by atoms with Crippen molar-refractivity contribution in [3.8, 4) is 0 Å². The molecule has 0 saturated carbocycles. The molecule has 21 heavy (non-hydrogen) atoms. The fourth-order valence-electron chi connectivity index (χ4n) is 1.82. The van der Waals surface area contributed by atoms with Gasteiger partial charge in [-0.15, -0.1) is 0 Å². The van der Waals surface area contributed by atoms with Gasteiger partial charge in [-0.2, -0.15) is 0 Å². The number of anilines is 1. The minimum Gasteiger partial charge on any atom is -0.465 e. The molecule has 1 aromatic carbocycles. The van der Waals surface area contributed by atoms with Gasteiger partial charge in [0.15, 0.2) is 0 Å². The maximum atomic E-state index is 11.7. The van der Waals surface area contributed by atoms with E-state index in [1.807, 2.05) is 0 Å². The quantitative estimate of drug-likeness (QED) is 0.803. The number of methoxy groups -OCH3 is 1. The average molecular weight is 292 g/mol. The number of hydrogen-bond donors (Lipinski definition) is 1. The molecule has 0 spiro atoms. The molecule has 0 aromatic heterocycles. The second kappa shape index (κ2) is 8.04. The molecule has 0 unspecified atom stereocenters. The smallest absolute Gasteiger partial charge is 0.337 e. The van der Waals surface area contributed by atoms with E-state index in [0.717, 1.165) is 0 Å². The van der Waals surface area contributed by atoms with Crippen molar-refractivity contribution in [1.29, 1.82) is 0 Å². The highest BCUT2D eigenvalue weighted by atomic mass is 16.5. The number of benzene rings is 1. The fraction of sp³-hybridized carbons (Fsp3) is 0.400. The molecule has 0 radical (unpaired) electrons. The van der Waals surface area contributed by atoms with Crippen LogP contribution in [0.2, 0.25) is 0 Å². The summed E-state index contributed by atoms with van der Waals surface area (Å²) in [6.45, 7) is 3.89. The average Bonchev–Trinajstić information content (AvgIpc) is 2.50. The molecule has 1 aromatic rings. The number of hydrogen-bond acceptors (Lipinski definition) is 4. The third-order valence-corrected chi connectivity index (χ3v) is 2.94. The first kappa shape index (κ1) is 16.7. The van der Waals surface area contributed by atoms with E-state index in [-0.39, 0.29) is 11.8 Å². The fourth-order valence-corrected chi connectivity index (χ4v) is 1.82. The molecular formula is C15H20N2O4. The van der Waals surface area contributed by atoms with Gasteiger partial charge < -0.3 is 15.0 Å². The number of rotatable bonds is 6. The molecular weight excluding hydrogens is 272 g/mol. The monoisotopic (exact) mass is 292 g/mol. The Morgan fingerprint density at radius 2 is 2.00 bits per heavy atom. The van der Waals surface area contributed by atoms with Gasteiger partial charge in [0.1, 0.15) is 0 Å². The molecule has 0 fully saturated rings. The Morgan fingerprint density at radius 3 is 2.57 bits per heavy atom. The summed E-state index contributed by atoms with van der Waals surface area (Å²) in [7, 11) is 1.30. The molecule has 1 N–H and O–H groups in total. The Balaban J connectivity index is 2.83. The lowest BCUT2D eigenvalue weighted by Gasteiger charge is -2.21. The maximum Gasteiger partial charge on any atom is 0.337 e. The normalized spacial score (nSPS) is 9.86. The largest absolute Gasteiger partial charge is 0.465 e. The van der Waals surface area contributed by atoms with Gasteiger partial charge in [-0.05, 0) is 18.2 Å². The minimum atomic E-state index is -0.459. The van der Waals surface area contributed by atoms with Gasteiger partial charge in [-0.1, -0.05) is 13.0 Å². The van der Waals surface area contributed by atoms with Crippen LogP contribution in [0.3, 0.4) is 0 Å². The number of esters is 1. The van der Waals surface area contributed by atoms with Crippen molar-refractivity contribution in [2.24, 2.45) is 0 Å². The van der Waals surface area contributed by atoms with E-state index in [1.165, 1.54) is 18.9 Å². The van der Waals surface area contributed by atoms with Crippen LogP contribution in [-0.4, -0.2) is 38.0 Å². The second-order valence-corrected chi connectivity index (χ2v) is 4.42. The van der Waals surface area contributed by atoms with E-state index in [1.54, 1.807) is 31.2 Å². The summed E-state index contributed by atoms with van der Waals surface area (Å²) in [6, 6.07) is 6.62. The van der Waals surface area contributed by atoms with Crippen molar-refractivity contribution in [3.63, 3.8) is 0 Å². The van der Waals surface area contributed by atoms with E-state index < -0.39 is 5.97 Å². The van der Waals surface area contributed by atoms with E-state index in [4.69, 9.17) is 0 Å². The highest BCUT2D eigenvalue weighted by Gasteiger charge is 2.14. The van der Waals surface area contributed by atoms with Crippen molar-refractivity contribution in [2.75, 3.05) is 25.1 Å². The zero-order valence-electron chi connectivity index (χ0n) is 12.5. The van der Waals surface area contributed by atoms with Crippen LogP contribution in [0.4, 0.5) is 5.69 Å². The molecule has 2 amide bonds. The highest BCUT2D eigenvalue weighted by Crippen LogP contribution is 2.17. The van der Waals surface area contributed by atoms with Gasteiger partial charge >= 0.3 is 5.97 Å². The first-order valence-electron chi connectivity index (χ1n) is 6.72. The molecule has 6 nitrogen and oxygen atoms in total. The Labute approximate surface area is 124 Å². The summed E-state index contributed by atoms with van der Waals surface area (Å²) >= 11 is 0. The van der Waals surface area contributed by atoms with E-state index in [0.29, 0.717) is 30.8 Å². The SMILES string of the molecule is CCC(=O)NCCN(C(C)=O)c1cccc(C(=O)OC)c1. The third-order valence-electron chi connectivity index (χ3n) is 2.94. The topological polar surface area (TPSA) is 75.7 Å². The van der Waals surface area contributed by atoms with Crippen LogP contribution in [0.5, 0.6) is 0 Å². The zero-order chi connectivity index (χ0) is 15.8. The molecule has 0 atom stereocenters. The Kier molecular flexibility index (Phi) is 6.39. The molecule has 0 aliphatic heterocycles. The van der Waals surface area contributed by atoms with E-state index in [2.05, 4.69) is 10.1 Å². The highest BCUT2D eigenvalue weighted by molar-refractivity contribution is 5.95. The summed E-state index contributed by atoms with van der Waals surface area (Å²) in [5.74, 6) is -0.691. The van der Waals surface area contributed by atoms with E-state index in [9.17, 15) is 14.4 Å². The number of ether oxygens (including phenoxy) is 1. The summed E-state index contributed by atoms with van der Waals surface area (Å²) in [4.78, 5) is 36.0. The molecule has 0 aliphatic rings. The van der Waals surface area contributed by atoms with Crippen LogP contribution < -0.4 is 10.2 Å². The molecule has 114 valence electrons. The van der Waals surface area contributed by atoms with Gasteiger partial charge in [-0.3, -0.25) is 9.59 Å². The number of nitrogens with zero attached hydrogens (tertiary/aromatic N) is 1. The minimum absolute atomic E-state index is 0.0678. The number of carbonyl (C=O) groups is 3. The third kappa shape index (κ3) is 4.91. The van der Waals surface area contributed by atoms with Gasteiger partial charge in [0.25, 0.3) is 0 Å². The Morgan fingerprint density at radius 1 is 1.29 bits per heavy atom. The predicted molar refractivity (Wildman–Crippen MR) is 79.1 cm³/mol. The van der Waals surface area contributed by atoms with Crippen molar-refractivity contribution in [3.05, 3.63) is 29.8 Å². The predicted octanol–water partition coefficient (Wildman–Crippen LogP) is 1.35. The van der Waals surface area contributed by atoms with Gasteiger partial charge in [0.2, 0.25) is 11.8 Å². The van der Waals surface area contributed by atoms with Gasteiger partial charge in [0, 0.05) is 32.1 Å². The lowest BCUT2D eigenvalue weighted by molar-refractivity contribution is -0.121. The van der Waals surface area contributed by atoms with Crippen LogP contribution in [0.15, 0.2) is 24.3 Å². The molecule has 0 heterocycles. The summed E-state index contributed by atoms with van der Waals surface area (Å²) in [5, 5.41) is 2.71. The number of nitrogens with one attached hydrogen (secondary N) is 1. The van der Waals surface area contributed by atoms with Gasteiger partial charge in [-0.25, -0.2) is 4.79 Å². The summed E-state index contributed by atoms with van der Waals surface area (Å²) in [5.41, 5.74) is 0.968. The standard InChI is InChI=1S/C15H20N2O4/c1-4-14(19)16-8-9-17(11(2)18)13-7-5-6-12(10-13)15(20)21-3/h5-7,10H,4,8-9H2,1-3H3,(H,16,19). The van der Waals surface area contributed by atoms with Crippen molar-refractivity contribution in [1.82, 2.24) is 5.32 Å². The molecule has 0 aliphatic carbocycles. The Bertz CT molecular complexity index is 528. The lowest BCUT2D eigenvalue weighted by Crippen LogP contribution is -2.37. The van der Waals surface area contributed by atoms with Crippen LogP contribution in [0, 0.1) is 0 Å². The summed E-state index contributed by atoms with van der Waals surface area (Å²) in [6.07, 6.45) is 0.401. The van der Waals surface area contributed by atoms with Crippen molar-refractivity contribution >= 4 is 23.5 Å². The van der Waals surface area contributed by atoms with Crippen LogP contribution in [-0.2, 0) is 14.3 Å². The first-order valence-corrected chi connectivity index (χ1v) is 6.72. The van der Waals surface area contributed by atoms with Gasteiger partial charge in [0.05, 0.1) is 12.7 Å². The summed E-state index contributed by atoms with van der Waals surface area (Å²) < 4.78 is 4.66. The van der Waals surface area contributed by atoms with Crippen LogP contribution in [0.25, 0.3) is 0 Å². The molecule has 0 saturated heterocycles. The van der Waals surface area contributed by atoms with Crippen molar-refractivity contribution < 1.29 is 19.1 Å². The number of amides is 2. The molecule has 1 rings (SSSR count).